The molecule has 0 aliphatic carbocycles. The molecule has 0 aliphatic heterocycles. The SMILES string of the molecule is CCCCC/C=C\C/C=C\CCCCCCCC(=O)OC(C)OC(C)C. The number of allylic oxidation sites excluding steroid dienone is 4. The standard InChI is InChI=1S/C23H42O3/c1-5-6-7-8-9-10-11-12-13-14-15-16-17-18-19-20-23(24)26-22(4)25-21(2)3/h9-10,12-13,21-22H,5-8,11,14-20H2,1-4H3/b10-9-,13-12-. The van der Waals surface area contributed by atoms with Crippen LogP contribution in [0, 0.1) is 0 Å². The highest BCUT2D eigenvalue weighted by Crippen LogP contribution is 2.10. The first-order valence-corrected chi connectivity index (χ1v) is 10.7. The third-order valence-electron chi connectivity index (χ3n) is 4.09. The zero-order valence-electron chi connectivity index (χ0n) is 17.7. The summed E-state index contributed by atoms with van der Waals surface area (Å²) in [7, 11) is 0. The van der Waals surface area contributed by atoms with E-state index in [1.54, 1.807) is 6.92 Å². The van der Waals surface area contributed by atoms with E-state index < -0.39 is 6.29 Å². The average Bonchev–Trinajstić information content (AvgIpc) is 2.57. The Labute approximate surface area is 162 Å². The molecule has 1 atom stereocenters. The van der Waals surface area contributed by atoms with Gasteiger partial charge in [-0.15, -0.1) is 0 Å². The second-order valence-corrected chi connectivity index (χ2v) is 7.22. The van der Waals surface area contributed by atoms with Crippen LogP contribution < -0.4 is 0 Å². The van der Waals surface area contributed by atoms with Crippen LogP contribution in [0.1, 0.15) is 105 Å². The number of ether oxygens (including phenoxy) is 2. The number of rotatable bonds is 17. The summed E-state index contributed by atoms with van der Waals surface area (Å²) in [4.78, 5) is 11.7. The maximum Gasteiger partial charge on any atom is 0.308 e. The average molecular weight is 367 g/mol. The van der Waals surface area contributed by atoms with E-state index >= 15 is 0 Å². The largest absolute Gasteiger partial charge is 0.436 e. The summed E-state index contributed by atoms with van der Waals surface area (Å²) in [6.45, 7) is 7.88. The Morgan fingerprint density at radius 2 is 1.38 bits per heavy atom. The van der Waals surface area contributed by atoms with Gasteiger partial charge in [-0.2, -0.15) is 0 Å². The lowest BCUT2D eigenvalue weighted by molar-refractivity contribution is -0.181. The van der Waals surface area contributed by atoms with Crippen molar-refractivity contribution < 1.29 is 14.3 Å². The molecule has 3 heteroatoms. The van der Waals surface area contributed by atoms with Crippen molar-refractivity contribution in [2.75, 3.05) is 0 Å². The Kier molecular flexibility index (Phi) is 17.9. The number of hydrogen-bond acceptors (Lipinski definition) is 3. The van der Waals surface area contributed by atoms with Crippen molar-refractivity contribution in [3.63, 3.8) is 0 Å². The lowest BCUT2D eigenvalue weighted by Gasteiger charge is -2.16. The molecule has 0 aromatic carbocycles. The molecule has 1 unspecified atom stereocenters. The van der Waals surface area contributed by atoms with Crippen LogP contribution in [0.5, 0.6) is 0 Å². The molecule has 0 saturated carbocycles. The molecule has 0 heterocycles. The molecule has 0 saturated heterocycles. The normalized spacial score (nSPS) is 13.1. The van der Waals surface area contributed by atoms with Crippen molar-refractivity contribution in [1.29, 1.82) is 0 Å². The fourth-order valence-corrected chi connectivity index (χ4v) is 2.74. The number of esters is 1. The first kappa shape index (κ1) is 24.9. The summed E-state index contributed by atoms with van der Waals surface area (Å²) in [5.41, 5.74) is 0. The molecule has 0 aliphatic rings. The smallest absolute Gasteiger partial charge is 0.308 e. The predicted molar refractivity (Wildman–Crippen MR) is 111 cm³/mol. The minimum Gasteiger partial charge on any atom is -0.436 e. The van der Waals surface area contributed by atoms with Gasteiger partial charge in [0.15, 0.2) is 6.29 Å². The molecule has 0 spiro atoms. The minimum atomic E-state index is -0.444. The van der Waals surface area contributed by atoms with E-state index in [0.717, 1.165) is 25.7 Å². The predicted octanol–water partition coefficient (Wildman–Crippen LogP) is 7.11. The van der Waals surface area contributed by atoms with Gasteiger partial charge in [0.25, 0.3) is 0 Å². The van der Waals surface area contributed by atoms with Crippen LogP contribution in [0.3, 0.4) is 0 Å². The van der Waals surface area contributed by atoms with Gasteiger partial charge in [-0.1, -0.05) is 63.3 Å². The monoisotopic (exact) mass is 366 g/mol. The molecule has 152 valence electrons. The van der Waals surface area contributed by atoms with E-state index in [0.29, 0.717) is 6.42 Å². The van der Waals surface area contributed by atoms with Crippen LogP contribution in [-0.4, -0.2) is 18.4 Å². The van der Waals surface area contributed by atoms with Gasteiger partial charge in [0.2, 0.25) is 0 Å². The molecule has 3 nitrogen and oxygen atoms in total. The van der Waals surface area contributed by atoms with E-state index in [1.807, 2.05) is 13.8 Å². The molecule has 0 radical (unpaired) electrons. The van der Waals surface area contributed by atoms with Crippen LogP contribution >= 0.6 is 0 Å². The van der Waals surface area contributed by atoms with Crippen molar-refractivity contribution in [1.82, 2.24) is 0 Å². The quantitative estimate of drug-likeness (QED) is 0.119. The molecule has 0 N–H and O–H groups in total. The fraction of sp³-hybridized carbons (Fsp3) is 0.783. The van der Waals surface area contributed by atoms with Gasteiger partial charge in [0.1, 0.15) is 0 Å². The highest BCUT2D eigenvalue weighted by atomic mass is 16.7. The van der Waals surface area contributed by atoms with Gasteiger partial charge in [-0.25, -0.2) is 0 Å². The zero-order valence-corrected chi connectivity index (χ0v) is 17.7. The highest BCUT2D eigenvalue weighted by Gasteiger charge is 2.10. The Hall–Kier alpha value is -1.09. The van der Waals surface area contributed by atoms with Crippen molar-refractivity contribution in [3.05, 3.63) is 24.3 Å². The second kappa shape index (κ2) is 18.7. The van der Waals surface area contributed by atoms with E-state index in [2.05, 4.69) is 31.2 Å². The third kappa shape index (κ3) is 19.2. The molecule has 0 amide bonds. The molecule has 0 aromatic rings. The Balaban J connectivity index is 3.37. The van der Waals surface area contributed by atoms with Gasteiger partial charge in [-0.05, 0) is 59.3 Å². The number of unbranched alkanes of at least 4 members (excludes halogenated alkanes) is 8. The first-order valence-electron chi connectivity index (χ1n) is 10.7. The van der Waals surface area contributed by atoms with Crippen LogP contribution in [0.4, 0.5) is 0 Å². The minimum absolute atomic E-state index is 0.0775. The number of hydrogen-bond donors (Lipinski definition) is 0. The summed E-state index contributed by atoms with van der Waals surface area (Å²) in [5, 5.41) is 0. The molecule has 0 rings (SSSR count). The van der Waals surface area contributed by atoms with Gasteiger partial charge in [-0.3, -0.25) is 4.79 Å². The van der Waals surface area contributed by atoms with E-state index in [1.165, 1.54) is 44.9 Å². The molecule has 0 fully saturated rings. The van der Waals surface area contributed by atoms with Gasteiger partial charge in [0.05, 0.1) is 6.10 Å². The maximum absolute atomic E-state index is 11.7. The van der Waals surface area contributed by atoms with E-state index in [4.69, 9.17) is 9.47 Å². The number of carbonyl (C=O) groups excluding carboxylic acids is 1. The highest BCUT2D eigenvalue weighted by molar-refractivity contribution is 5.69. The summed E-state index contributed by atoms with van der Waals surface area (Å²) in [6, 6.07) is 0. The van der Waals surface area contributed by atoms with Crippen LogP contribution in [0.25, 0.3) is 0 Å². The molecule has 0 bridgehead atoms. The Bertz CT molecular complexity index is 372. The maximum atomic E-state index is 11.7. The summed E-state index contributed by atoms with van der Waals surface area (Å²) in [6.07, 6.45) is 22.3. The van der Waals surface area contributed by atoms with E-state index in [9.17, 15) is 4.79 Å². The second-order valence-electron chi connectivity index (χ2n) is 7.22. The van der Waals surface area contributed by atoms with Gasteiger partial charge >= 0.3 is 5.97 Å². The molecule has 26 heavy (non-hydrogen) atoms. The lowest BCUT2D eigenvalue weighted by Crippen LogP contribution is -2.21. The first-order chi connectivity index (χ1) is 12.6. The van der Waals surface area contributed by atoms with Crippen LogP contribution in [0.2, 0.25) is 0 Å². The van der Waals surface area contributed by atoms with Crippen LogP contribution in [0.15, 0.2) is 24.3 Å². The molecular formula is C23H42O3. The summed E-state index contributed by atoms with van der Waals surface area (Å²) in [5.74, 6) is -0.149. The van der Waals surface area contributed by atoms with Crippen molar-refractivity contribution in [2.45, 2.75) is 117 Å². The van der Waals surface area contributed by atoms with Gasteiger partial charge < -0.3 is 9.47 Å². The fourth-order valence-electron chi connectivity index (χ4n) is 2.74. The molecular weight excluding hydrogens is 324 g/mol. The zero-order chi connectivity index (χ0) is 19.5. The summed E-state index contributed by atoms with van der Waals surface area (Å²) >= 11 is 0. The lowest BCUT2D eigenvalue weighted by atomic mass is 10.1. The van der Waals surface area contributed by atoms with E-state index in [-0.39, 0.29) is 12.1 Å². The Morgan fingerprint density at radius 1 is 0.808 bits per heavy atom. The van der Waals surface area contributed by atoms with Crippen molar-refractivity contribution in [2.24, 2.45) is 0 Å². The third-order valence-corrected chi connectivity index (χ3v) is 4.09. The molecule has 0 aromatic heterocycles. The van der Waals surface area contributed by atoms with Crippen LogP contribution in [-0.2, 0) is 14.3 Å². The number of carbonyl (C=O) groups is 1. The van der Waals surface area contributed by atoms with Gasteiger partial charge in [0, 0.05) is 6.42 Å². The Morgan fingerprint density at radius 3 is 2.00 bits per heavy atom. The topological polar surface area (TPSA) is 35.5 Å². The summed E-state index contributed by atoms with van der Waals surface area (Å²) < 4.78 is 10.6. The van der Waals surface area contributed by atoms with Crippen molar-refractivity contribution >= 4 is 5.97 Å². The van der Waals surface area contributed by atoms with Crippen molar-refractivity contribution in [3.8, 4) is 0 Å².